The summed E-state index contributed by atoms with van der Waals surface area (Å²) in [6.45, 7) is 5.65. The number of ether oxygens (including phenoxy) is 17. The Morgan fingerprint density at radius 2 is 0.626 bits per heavy atom. The molecule has 738 valence electrons. The number of aliphatic hydroxyl groups is 1. The number of esters is 2. The summed E-state index contributed by atoms with van der Waals surface area (Å²) in [7, 11) is 3.05. The van der Waals surface area contributed by atoms with Crippen molar-refractivity contribution >= 4 is 48.2 Å². The molecule has 5 N–H and O–H groups in total. The van der Waals surface area contributed by atoms with Crippen LogP contribution in [0.1, 0.15) is 95.2 Å². The van der Waals surface area contributed by atoms with E-state index < -0.39 is 134 Å². The average Bonchev–Trinajstić information content (AvgIpc) is 0.768. The highest BCUT2D eigenvalue weighted by Crippen LogP contribution is 2.41. The molecular formula is C110H125F2N3O22S2. The number of nitrogens with two attached hydrogens (primary N) is 1. The number of benzene rings is 11. The molecule has 11 aromatic carbocycles. The van der Waals surface area contributed by atoms with E-state index in [0.29, 0.717) is 32.5 Å². The number of alkyl halides is 2. The zero-order valence-electron chi connectivity index (χ0n) is 81.2. The van der Waals surface area contributed by atoms with E-state index in [4.69, 9.17) is 84.5 Å². The highest BCUT2D eigenvalue weighted by Gasteiger charge is 2.56. The fourth-order valence-corrected chi connectivity index (χ4v) is 17.1. The molecule has 11 aromatic rings. The second kappa shape index (κ2) is 59.0. The number of aliphatic hydroxyl groups excluding tert-OH is 1. The van der Waals surface area contributed by atoms with Gasteiger partial charge in [-0.05, 0) is 81.6 Å². The van der Waals surface area contributed by atoms with Gasteiger partial charge in [-0.2, -0.15) is 0 Å². The van der Waals surface area contributed by atoms with Crippen molar-refractivity contribution in [3.05, 3.63) is 389 Å². The maximum absolute atomic E-state index is 16.7. The minimum atomic E-state index is -1.93. The predicted octanol–water partition coefficient (Wildman–Crippen LogP) is 17.2. The molecule has 0 saturated carbocycles. The van der Waals surface area contributed by atoms with E-state index in [2.05, 4.69) is 10.6 Å². The molecule has 4 aliphatic heterocycles. The lowest BCUT2D eigenvalue weighted by Gasteiger charge is -2.49. The summed E-state index contributed by atoms with van der Waals surface area (Å²) < 4.78 is 157. The molecule has 0 spiro atoms. The van der Waals surface area contributed by atoms with Crippen molar-refractivity contribution in [2.75, 3.05) is 27.3 Å². The van der Waals surface area contributed by atoms with E-state index >= 15 is 8.78 Å². The predicted molar refractivity (Wildman–Crippen MR) is 523 cm³/mol. The Morgan fingerprint density at radius 1 is 0.360 bits per heavy atom. The molecule has 25 nitrogen and oxygen atoms in total. The lowest BCUT2D eigenvalue weighted by atomic mass is 9.96. The number of halogens is 2. The fraction of sp³-hybridized carbons (Fsp3) is 0.364. The second-order valence-electron chi connectivity index (χ2n) is 33.3. The summed E-state index contributed by atoms with van der Waals surface area (Å²) in [6, 6.07) is 106. The Bertz CT molecular complexity index is 5350. The van der Waals surface area contributed by atoms with Crippen LogP contribution in [0.15, 0.2) is 339 Å². The highest BCUT2D eigenvalue weighted by atomic mass is 32.2. The average molecular weight is 1950 g/mol. The molecule has 4 heterocycles. The molecule has 4 fully saturated rings. The van der Waals surface area contributed by atoms with Crippen molar-refractivity contribution in [2.45, 2.75) is 233 Å². The van der Waals surface area contributed by atoms with Crippen LogP contribution < -0.4 is 15.8 Å². The SMILES string of the molecule is CNC(=O)CCC(=O)O[C@@H]1C(C)OC(O[C@@H]2C(OCc3ccccc3)C(OCc3ccccc3)[C@@H](F)O[C@H]2COCc2ccccc2)C(OCc2ccccc2)[C@H]1OCc1ccccc1.CNC(=O)CCC(=O)O[C@@H]1C(C)O[C@H](Sc2ccccc2)C(OCc2ccccc2)[C@H]1OCc1ccccc1.O[C@H]1C(COCc2ccccc2)O[C@H](F)C(OCc2ccccc2)[C@@H]1OCc1ccccc1.[2H]N([3H])S[3H]. The first-order valence-electron chi connectivity index (χ1n) is 47.8. The van der Waals surface area contributed by atoms with Crippen LogP contribution in [0.5, 0.6) is 0 Å². The van der Waals surface area contributed by atoms with Gasteiger partial charge in [0.1, 0.15) is 82.6 Å². The normalized spacial score (nSPS) is 24.6. The van der Waals surface area contributed by atoms with Crippen molar-refractivity contribution in [3.63, 3.8) is 0 Å². The van der Waals surface area contributed by atoms with Crippen molar-refractivity contribution in [1.82, 2.24) is 10.6 Å². The summed E-state index contributed by atoms with van der Waals surface area (Å²) in [5.74, 6) is -1.61. The van der Waals surface area contributed by atoms with Crippen LogP contribution in [-0.2, 0) is 166 Å². The molecule has 29 heteroatoms. The Balaban J connectivity index is 0.000000199. The van der Waals surface area contributed by atoms with Gasteiger partial charge in [0.05, 0.1) is 104 Å². The van der Waals surface area contributed by atoms with Crippen molar-refractivity contribution in [1.29, 1.82) is 1.12 Å². The number of nitrogens with one attached hydrogen (secondary N) is 2. The number of carbonyl (C=O) groups excluding carboxylic acids is 4. The van der Waals surface area contributed by atoms with Crippen LogP contribution in [-0.4, -0.2) is 179 Å². The first-order chi connectivity index (χ1) is 69.3. The van der Waals surface area contributed by atoms with E-state index in [1.165, 1.54) is 14.1 Å². The van der Waals surface area contributed by atoms with E-state index in [9.17, 15) is 24.3 Å². The monoisotopic (exact) mass is 1950 g/mol. The van der Waals surface area contributed by atoms with Gasteiger partial charge in [0, 0.05) is 31.8 Å². The van der Waals surface area contributed by atoms with Crippen molar-refractivity contribution < 1.29 is 116 Å². The number of carbonyl (C=O) groups is 4. The van der Waals surface area contributed by atoms with Crippen molar-refractivity contribution in [2.24, 2.45) is 5.13 Å². The summed E-state index contributed by atoms with van der Waals surface area (Å²) in [4.78, 5) is 51.0. The lowest BCUT2D eigenvalue weighted by molar-refractivity contribution is -0.362. The third kappa shape index (κ3) is 34.8. The third-order valence-electron chi connectivity index (χ3n) is 23.2. The van der Waals surface area contributed by atoms with Gasteiger partial charge in [0.15, 0.2) is 18.5 Å². The van der Waals surface area contributed by atoms with Gasteiger partial charge in [-0.15, -0.1) is 12.7 Å². The fourth-order valence-electron chi connectivity index (χ4n) is 15.9. The van der Waals surface area contributed by atoms with Gasteiger partial charge in [-0.25, -0.2) is 8.78 Å². The molecular weight excluding hydrogens is 1820 g/mol. The molecule has 4 aliphatic rings. The first kappa shape index (κ1) is 103. The largest absolute Gasteiger partial charge is 0.457 e. The quantitative estimate of drug-likeness (QED) is 0.0175. The summed E-state index contributed by atoms with van der Waals surface area (Å²) >= 11 is 1.85. The molecule has 0 radical (unpaired) electrons. The van der Waals surface area contributed by atoms with Gasteiger partial charge < -0.3 is 96.3 Å². The van der Waals surface area contributed by atoms with Gasteiger partial charge in [0.2, 0.25) is 24.5 Å². The Labute approximate surface area is 826 Å². The minimum Gasteiger partial charge on any atom is -0.457 e. The number of thiol groups is 1. The van der Waals surface area contributed by atoms with Crippen LogP contribution in [0.4, 0.5) is 8.78 Å². The van der Waals surface area contributed by atoms with Crippen molar-refractivity contribution in [3.8, 4) is 0 Å². The zero-order valence-corrected chi connectivity index (χ0v) is 79.8. The van der Waals surface area contributed by atoms with Gasteiger partial charge in [-0.1, -0.05) is 333 Å². The van der Waals surface area contributed by atoms with E-state index in [1.807, 2.05) is 341 Å². The third-order valence-corrected chi connectivity index (χ3v) is 24.4. The molecule has 0 aromatic heterocycles. The lowest BCUT2D eigenvalue weighted by Crippen LogP contribution is -2.65. The molecule has 20 atom stereocenters. The van der Waals surface area contributed by atoms with Gasteiger partial charge in [-0.3, -0.25) is 24.3 Å². The van der Waals surface area contributed by atoms with Crippen LogP contribution in [0.2, 0.25) is 2.82 Å². The molecule has 15 rings (SSSR count). The summed E-state index contributed by atoms with van der Waals surface area (Å²) in [6.07, 6.45) is -19.7. The topological polar surface area (TPSA) is 295 Å². The molecule has 0 aliphatic carbocycles. The molecule has 9 unspecified atom stereocenters. The van der Waals surface area contributed by atoms with Crippen LogP contribution >= 0.6 is 24.5 Å². The number of hydrogen-bond donors (Lipinski definition) is 5. The van der Waals surface area contributed by atoms with Crippen LogP contribution in [0.3, 0.4) is 0 Å². The van der Waals surface area contributed by atoms with Crippen LogP contribution in [0.25, 0.3) is 0 Å². The maximum atomic E-state index is 16.7. The second-order valence-corrected chi connectivity index (χ2v) is 34.5. The van der Waals surface area contributed by atoms with E-state index in [0.717, 1.165) is 60.5 Å². The van der Waals surface area contributed by atoms with E-state index in [1.54, 1.807) is 18.7 Å². The van der Waals surface area contributed by atoms with Gasteiger partial charge in [0.25, 0.3) is 0 Å². The first-order valence-corrected chi connectivity index (χ1v) is 47.7. The maximum Gasteiger partial charge on any atom is 0.306 e. The van der Waals surface area contributed by atoms with Gasteiger partial charge >= 0.3 is 11.9 Å². The minimum absolute atomic E-state index is 0.0348. The number of hydrogen-bond acceptors (Lipinski definition) is 25. The summed E-state index contributed by atoms with van der Waals surface area (Å²) in [5, 5.41) is 16.3. The van der Waals surface area contributed by atoms with E-state index in [-0.39, 0.29) is 102 Å². The highest BCUT2D eigenvalue weighted by molar-refractivity contribution is 7.99. The Morgan fingerprint density at radius 3 is 0.964 bits per heavy atom. The molecule has 0 bridgehead atoms. The Kier molecular flexibility index (Phi) is 43.6. The number of rotatable bonds is 45. The smallest absolute Gasteiger partial charge is 0.306 e. The van der Waals surface area contributed by atoms with Crippen LogP contribution in [0, 0.1) is 0 Å². The number of thioether (sulfide) groups is 1. The zero-order chi connectivity index (χ0) is 99.8. The summed E-state index contributed by atoms with van der Waals surface area (Å²) in [5.41, 5.74) is 8.75. The molecule has 2 amide bonds. The standard InChI is InChI=1S/C52H58FNO11.C31H35NO6S.C27H29FO5.H3NS/c1-36-45(64-44(56)29-28-43(55)54-2)47(58-31-38-20-10-4-11-21-38)50(61-34-41-26-16-7-17-27-41)52(62-36)65-46-42(35-57-30-37-18-8-3-9-19-37)63-51(53)49(60-33-40-24-14-6-15-25-40)48(46)59-32-39-22-12-5-13-23-39;1-22-28(38-27(34)19-18-26(33)32-2)29(35-20-23-12-6-3-7-13-23)30(36-21-24-14-8-4-9-15-24)31(37-22)39-25-16-10-5-11-17-25;28-27-26(32-18-22-14-8-3-9-15-22)25(31-17-21-12-6-2-7-13-21)24(29)23(33-27)19-30-16-20-10-4-1-5-11-20;1-2/h3-27,36,42,45-52H,28-35H2,1-2H3,(H,54,55);3-17,22,28-31H,18-21H2,1-2H3,(H,32,33);1-15,23-27,29H,16-19H2;2H,1H2/t36?,42-,45+,46-,47-,48?,49?,50?,51-,52?;22?,28-,29+,30?,31-;23?,24-,25+,26?,27-;/m010./s1/i;;;2T/hTD. The Hall–Kier alpha value is -10.8. The molecule has 4 saturated heterocycles. The molecule has 139 heavy (non-hydrogen) atoms. The number of amides is 2.